The molecule has 3 aromatic heterocycles. The van der Waals surface area contributed by atoms with Gasteiger partial charge in [-0.3, -0.25) is 4.40 Å². The van der Waals surface area contributed by atoms with Gasteiger partial charge < -0.3 is 10.4 Å². The highest BCUT2D eigenvalue weighted by atomic mass is 16.3. The Morgan fingerprint density at radius 2 is 1.81 bits per heavy atom. The van der Waals surface area contributed by atoms with E-state index in [-0.39, 0.29) is 6.10 Å². The molecule has 0 saturated heterocycles. The lowest BCUT2D eigenvalue weighted by atomic mass is 9.93. The highest BCUT2D eigenvalue weighted by Crippen LogP contribution is 2.28. The number of aromatic nitrogens is 4. The predicted molar refractivity (Wildman–Crippen MR) is 106 cm³/mol. The molecular formula is C21H21N5O. The number of hydrogen-bond donors (Lipinski definition) is 2. The number of aliphatic hydroxyl groups is 1. The molecule has 5 rings (SSSR count). The average molecular weight is 359 g/mol. The zero-order valence-corrected chi connectivity index (χ0v) is 14.9. The number of hydrogen-bond acceptors (Lipinski definition) is 5. The van der Waals surface area contributed by atoms with Crippen molar-refractivity contribution >= 4 is 22.2 Å². The molecule has 0 unspecified atom stereocenters. The summed E-state index contributed by atoms with van der Waals surface area (Å²) in [5.74, 6) is 0.739. The second-order valence-electron chi connectivity index (χ2n) is 7.18. The van der Waals surface area contributed by atoms with E-state index in [1.807, 2.05) is 34.9 Å². The van der Waals surface area contributed by atoms with Gasteiger partial charge in [0.15, 0.2) is 11.5 Å². The SMILES string of the molecule is O[C@H]1CC[C@H](Nc2cccc3ccc(-c4nnc5ccccn45)nc23)CC1. The molecule has 1 saturated carbocycles. The van der Waals surface area contributed by atoms with Crippen molar-refractivity contribution in [2.24, 2.45) is 0 Å². The number of nitrogens with one attached hydrogen (secondary N) is 1. The molecule has 0 spiro atoms. The molecule has 1 aliphatic rings. The molecule has 1 aliphatic carbocycles. The fourth-order valence-corrected chi connectivity index (χ4v) is 3.84. The van der Waals surface area contributed by atoms with E-state index in [0.717, 1.165) is 59.4 Å². The highest BCUT2D eigenvalue weighted by Gasteiger charge is 2.20. The molecule has 136 valence electrons. The summed E-state index contributed by atoms with van der Waals surface area (Å²) >= 11 is 0. The number of fused-ring (bicyclic) bond motifs is 2. The monoisotopic (exact) mass is 359 g/mol. The van der Waals surface area contributed by atoms with Crippen molar-refractivity contribution in [3.05, 3.63) is 54.7 Å². The molecule has 2 N–H and O–H groups in total. The maximum absolute atomic E-state index is 9.74. The second kappa shape index (κ2) is 6.63. The lowest BCUT2D eigenvalue weighted by Crippen LogP contribution is -2.28. The molecule has 6 heteroatoms. The first kappa shape index (κ1) is 16.2. The topological polar surface area (TPSA) is 75.3 Å². The van der Waals surface area contributed by atoms with Crippen LogP contribution in [0.15, 0.2) is 54.7 Å². The van der Waals surface area contributed by atoms with Crippen molar-refractivity contribution < 1.29 is 5.11 Å². The van der Waals surface area contributed by atoms with Crippen LogP contribution in [0.4, 0.5) is 5.69 Å². The molecule has 27 heavy (non-hydrogen) atoms. The Morgan fingerprint density at radius 3 is 2.70 bits per heavy atom. The molecule has 1 aromatic carbocycles. The summed E-state index contributed by atoms with van der Waals surface area (Å²) in [5.41, 5.74) is 3.58. The second-order valence-corrected chi connectivity index (χ2v) is 7.18. The van der Waals surface area contributed by atoms with Crippen molar-refractivity contribution in [2.45, 2.75) is 37.8 Å². The van der Waals surface area contributed by atoms with Crippen LogP contribution in [-0.2, 0) is 0 Å². The van der Waals surface area contributed by atoms with Gasteiger partial charge in [-0.15, -0.1) is 10.2 Å². The summed E-state index contributed by atoms with van der Waals surface area (Å²) in [4.78, 5) is 4.91. The van der Waals surface area contributed by atoms with Crippen LogP contribution in [0.3, 0.4) is 0 Å². The average Bonchev–Trinajstić information content (AvgIpc) is 3.14. The van der Waals surface area contributed by atoms with E-state index in [1.54, 1.807) is 0 Å². The first-order valence-electron chi connectivity index (χ1n) is 9.42. The summed E-state index contributed by atoms with van der Waals surface area (Å²) < 4.78 is 1.95. The van der Waals surface area contributed by atoms with Crippen LogP contribution < -0.4 is 5.32 Å². The molecule has 4 aromatic rings. The molecular weight excluding hydrogens is 338 g/mol. The molecule has 0 bridgehead atoms. The number of benzene rings is 1. The Bertz CT molecular complexity index is 1100. The van der Waals surface area contributed by atoms with Crippen molar-refractivity contribution in [2.75, 3.05) is 5.32 Å². The van der Waals surface area contributed by atoms with Crippen LogP contribution in [0.25, 0.3) is 28.1 Å². The van der Waals surface area contributed by atoms with Gasteiger partial charge in [0.1, 0.15) is 5.69 Å². The predicted octanol–water partition coefficient (Wildman–Crippen LogP) is 3.66. The fourth-order valence-electron chi connectivity index (χ4n) is 3.84. The third-order valence-corrected chi connectivity index (χ3v) is 5.32. The molecule has 0 atom stereocenters. The molecule has 0 radical (unpaired) electrons. The van der Waals surface area contributed by atoms with Gasteiger partial charge in [0.2, 0.25) is 0 Å². The van der Waals surface area contributed by atoms with Gasteiger partial charge in [0, 0.05) is 17.6 Å². The van der Waals surface area contributed by atoms with Gasteiger partial charge in [-0.05, 0) is 49.9 Å². The minimum Gasteiger partial charge on any atom is -0.393 e. The molecule has 3 heterocycles. The Labute approximate surface area is 156 Å². The van der Waals surface area contributed by atoms with Crippen LogP contribution in [0.5, 0.6) is 0 Å². The number of pyridine rings is 2. The number of para-hydroxylation sites is 1. The number of aliphatic hydroxyl groups excluding tert-OH is 1. The smallest absolute Gasteiger partial charge is 0.187 e. The van der Waals surface area contributed by atoms with Crippen LogP contribution in [0, 0.1) is 0 Å². The zero-order chi connectivity index (χ0) is 18.2. The van der Waals surface area contributed by atoms with E-state index in [9.17, 15) is 5.11 Å². The zero-order valence-electron chi connectivity index (χ0n) is 14.9. The number of rotatable bonds is 3. The van der Waals surface area contributed by atoms with E-state index in [0.29, 0.717) is 6.04 Å². The van der Waals surface area contributed by atoms with E-state index >= 15 is 0 Å². The van der Waals surface area contributed by atoms with Gasteiger partial charge in [0.25, 0.3) is 0 Å². The van der Waals surface area contributed by atoms with Crippen LogP contribution in [-0.4, -0.2) is 36.8 Å². The molecule has 0 aliphatic heterocycles. The minimum absolute atomic E-state index is 0.151. The van der Waals surface area contributed by atoms with Crippen LogP contribution >= 0.6 is 0 Å². The van der Waals surface area contributed by atoms with Crippen LogP contribution in [0.2, 0.25) is 0 Å². The van der Waals surface area contributed by atoms with Crippen LogP contribution in [0.1, 0.15) is 25.7 Å². The van der Waals surface area contributed by atoms with E-state index < -0.39 is 0 Å². The van der Waals surface area contributed by atoms with Gasteiger partial charge in [-0.2, -0.15) is 0 Å². The largest absolute Gasteiger partial charge is 0.393 e. The van der Waals surface area contributed by atoms with E-state index in [4.69, 9.17) is 4.98 Å². The standard InChI is InChI=1S/C21H21N5O/c27-16-10-8-15(9-11-16)22-17-5-3-4-14-7-12-18(23-20(14)17)21-25-24-19-6-1-2-13-26(19)21/h1-7,12-13,15-16,22,27H,8-11H2/t15-,16-. The van der Waals surface area contributed by atoms with Gasteiger partial charge >= 0.3 is 0 Å². The summed E-state index contributed by atoms with van der Waals surface area (Å²) in [6.45, 7) is 0. The van der Waals surface area contributed by atoms with Crippen molar-refractivity contribution in [1.82, 2.24) is 19.6 Å². The first-order chi connectivity index (χ1) is 13.3. The van der Waals surface area contributed by atoms with Crippen molar-refractivity contribution in [1.29, 1.82) is 0 Å². The normalized spacial score (nSPS) is 20.2. The van der Waals surface area contributed by atoms with Gasteiger partial charge in [-0.1, -0.05) is 24.3 Å². The summed E-state index contributed by atoms with van der Waals surface area (Å²) in [6.07, 6.45) is 5.47. The third-order valence-electron chi connectivity index (χ3n) is 5.32. The summed E-state index contributed by atoms with van der Waals surface area (Å²) in [6, 6.07) is 16.5. The van der Waals surface area contributed by atoms with Crippen molar-refractivity contribution in [3.8, 4) is 11.5 Å². The Hall–Kier alpha value is -2.99. The summed E-state index contributed by atoms with van der Waals surface area (Å²) in [5, 5.41) is 23.0. The molecule has 6 nitrogen and oxygen atoms in total. The van der Waals surface area contributed by atoms with Gasteiger partial charge in [0.05, 0.1) is 17.3 Å². The van der Waals surface area contributed by atoms with E-state index in [2.05, 4.69) is 39.8 Å². The first-order valence-corrected chi connectivity index (χ1v) is 9.42. The maximum atomic E-state index is 9.74. The Morgan fingerprint density at radius 1 is 0.926 bits per heavy atom. The summed E-state index contributed by atoms with van der Waals surface area (Å²) in [7, 11) is 0. The lowest BCUT2D eigenvalue weighted by molar-refractivity contribution is 0.126. The highest BCUT2D eigenvalue weighted by molar-refractivity contribution is 5.91. The number of anilines is 1. The molecule has 1 fully saturated rings. The maximum Gasteiger partial charge on any atom is 0.187 e. The fraction of sp³-hybridized carbons (Fsp3) is 0.286. The molecule has 0 amide bonds. The Balaban J connectivity index is 1.54. The quantitative estimate of drug-likeness (QED) is 0.584. The number of nitrogens with zero attached hydrogens (tertiary/aromatic N) is 4. The minimum atomic E-state index is -0.151. The van der Waals surface area contributed by atoms with E-state index in [1.165, 1.54) is 0 Å². The lowest BCUT2D eigenvalue weighted by Gasteiger charge is -2.27. The third kappa shape index (κ3) is 3.02. The Kier molecular flexibility index (Phi) is 3.98. The van der Waals surface area contributed by atoms with Gasteiger partial charge in [-0.25, -0.2) is 4.98 Å². The van der Waals surface area contributed by atoms with Crippen molar-refractivity contribution in [3.63, 3.8) is 0 Å².